The van der Waals surface area contributed by atoms with Crippen LogP contribution >= 0.6 is 0 Å². The van der Waals surface area contributed by atoms with E-state index in [4.69, 9.17) is 0 Å². The smallest absolute Gasteiger partial charge is 0.224 e. The maximum absolute atomic E-state index is 12.6. The molecule has 5 nitrogen and oxygen atoms in total. The monoisotopic (exact) mass is 325 g/mol. The van der Waals surface area contributed by atoms with Crippen molar-refractivity contribution in [1.29, 1.82) is 0 Å². The van der Waals surface area contributed by atoms with Crippen molar-refractivity contribution >= 4 is 5.91 Å². The van der Waals surface area contributed by atoms with E-state index in [0.717, 1.165) is 30.8 Å². The summed E-state index contributed by atoms with van der Waals surface area (Å²) in [5, 5.41) is 9.83. The molecule has 24 heavy (non-hydrogen) atoms. The van der Waals surface area contributed by atoms with Crippen LogP contribution in [0.1, 0.15) is 23.6 Å². The van der Waals surface area contributed by atoms with Gasteiger partial charge in [-0.15, -0.1) is 0 Å². The highest BCUT2D eigenvalue weighted by atomic mass is 16.3. The molecule has 3 rings (SSSR count). The third-order valence-electron chi connectivity index (χ3n) is 4.48. The maximum Gasteiger partial charge on any atom is 0.224 e. The lowest BCUT2D eigenvalue weighted by atomic mass is 10.1. The maximum atomic E-state index is 12.6. The van der Waals surface area contributed by atoms with Crippen molar-refractivity contribution in [3.8, 4) is 0 Å². The number of nitrogens with zero attached hydrogens (tertiary/aromatic N) is 3. The minimum atomic E-state index is -0.267. The van der Waals surface area contributed by atoms with E-state index >= 15 is 0 Å². The molecule has 1 amide bonds. The number of hydrogen-bond acceptors (Lipinski definition) is 4. The van der Waals surface area contributed by atoms with Crippen molar-refractivity contribution in [2.45, 2.75) is 19.0 Å². The minimum Gasteiger partial charge on any atom is -0.394 e. The Morgan fingerprint density at radius 1 is 1.08 bits per heavy atom. The van der Waals surface area contributed by atoms with Crippen LogP contribution in [-0.4, -0.2) is 52.0 Å². The van der Waals surface area contributed by atoms with Gasteiger partial charge in [0.15, 0.2) is 0 Å². The van der Waals surface area contributed by atoms with Crippen LogP contribution in [0.3, 0.4) is 0 Å². The predicted molar refractivity (Wildman–Crippen MR) is 92.1 cm³/mol. The molecule has 126 valence electrons. The normalized spacial score (nSPS) is 17.5. The highest BCUT2D eigenvalue weighted by molar-refractivity contribution is 5.77. The van der Waals surface area contributed by atoms with Gasteiger partial charge in [-0.05, 0) is 17.2 Å². The highest BCUT2D eigenvalue weighted by Crippen LogP contribution is 2.22. The van der Waals surface area contributed by atoms with E-state index in [0.29, 0.717) is 13.0 Å². The van der Waals surface area contributed by atoms with Crippen molar-refractivity contribution in [3.05, 3.63) is 66.0 Å². The molecule has 0 aliphatic carbocycles. The van der Waals surface area contributed by atoms with E-state index in [9.17, 15) is 9.90 Å². The fourth-order valence-electron chi connectivity index (χ4n) is 3.18. The Morgan fingerprint density at radius 3 is 2.62 bits per heavy atom. The Bertz CT molecular complexity index is 648. The van der Waals surface area contributed by atoms with Crippen LogP contribution < -0.4 is 0 Å². The molecule has 1 aromatic carbocycles. The summed E-state index contributed by atoms with van der Waals surface area (Å²) in [6.45, 7) is 2.89. The molecule has 1 aliphatic rings. The number of benzene rings is 1. The van der Waals surface area contributed by atoms with Crippen molar-refractivity contribution < 1.29 is 9.90 Å². The van der Waals surface area contributed by atoms with Gasteiger partial charge in [-0.1, -0.05) is 36.4 Å². The summed E-state index contributed by atoms with van der Waals surface area (Å²) in [5.41, 5.74) is 2.13. The van der Waals surface area contributed by atoms with Gasteiger partial charge in [0.25, 0.3) is 0 Å². The lowest BCUT2D eigenvalue weighted by Gasteiger charge is -2.30. The molecule has 0 saturated carbocycles. The van der Waals surface area contributed by atoms with Gasteiger partial charge in [-0.3, -0.25) is 14.7 Å². The number of aliphatic hydroxyl groups excluding tert-OH is 1. The average Bonchev–Trinajstić information content (AvgIpc) is 2.80. The Hall–Kier alpha value is -2.24. The fourth-order valence-corrected chi connectivity index (χ4v) is 3.18. The molecule has 1 aliphatic heterocycles. The van der Waals surface area contributed by atoms with Crippen LogP contribution in [-0.2, 0) is 11.3 Å². The van der Waals surface area contributed by atoms with Crippen LogP contribution in [0, 0.1) is 0 Å². The molecule has 1 saturated heterocycles. The number of rotatable bonds is 5. The number of carbonyl (C=O) groups excluding carboxylic acids is 1. The molecule has 0 radical (unpaired) electrons. The lowest BCUT2D eigenvalue weighted by Crippen LogP contribution is -2.38. The van der Waals surface area contributed by atoms with Gasteiger partial charge in [0.2, 0.25) is 5.91 Å². The molecule has 0 unspecified atom stereocenters. The topological polar surface area (TPSA) is 56.7 Å². The van der Waals surface area contributed by atoms with Crippen LogP contribution in [0.15, 0.2) is 54.9 Å². The van der Waals surface area contributed by atoms with Crippen molar-refractivity contribution in [1.82, 2.24) is 14.8 Å². The first-order valence-corrected chi connectivity index (χ1v) is 8.34. The fraction of sp³-hybridized carbons (Fsp3) is 0.368. The van der Waals surface area contributed by atoms with Crippen molar-refractivity contribution in [2.24, 2.45) is 0 Å². The van der Waals surface area contributed by atoms with Crippen LogP contribution in [0.5, 0.6) is 0 Å². The number of pyridine rings is 1. The summed E-state index contributed by atoms with van der Waals surface area (Å²) in [6, 6.07) is 13.5. The van der Waals surface area contributed by atoms with Crippen molar-refractivity contribution in [2.75, 3.05) is 26.2 Å². The summed E-state index contributed by atoms with van der Waals surface area (Å²) >= 11 is 0. The van der Waals surface area contributed by atoms with Crippen LogP contribution in [0.2, 0.25) is 0 Å². The molecule has 0 spiro atoms. The zero-order valence-corrected chi connectivity index (χ0v) is 13.7. The second-order valence-corrected chi connectivity index (χ2v) is 6.08. The Morgan fingerprint density at radius 2 is 1.92 bits per heavy atom. The number of hydrogen-bond donors (Lipinski definition) is 1. The molecule has 1 atom stereocenters. The van der Waals surface area contributed by atoms with E-state index < -0.39 is 0 Å². The number of aromatic nitrogens is 1. The summed E-state index contributed by atoms with van der Waals surface area (Å²) < 4.78 is 0. The molecular weight excluding hydrogens is 302 g/mol. The lowest BCUT2D eigenvalue weighted by molar-refractivity contribution is -0.133. The van der Waals surface area contributed by atoms with Gasteiger partial charge >= 0.3 is 0 Å². The summed E-state index contributed by atoms with van der Waals surface area (Å²) in [4.78, 5) is 20.8. The largest absolute Gasteiger partial charge is 0.394 e. The predicted octanol–water partition coefficient (Wildman–Crippen LogP) is 1.85. The molecule has 1 fully saturated rings. The first kappa shape index (κ1) is 16.6. The van der Waals surface area contributed by atoms with Gasteiger partial charge in [-0.25, -0.2) is 0 Å². The Labute approximate surface area is 142 Å². The second kappa shape index (κ2) is 8.04. The van der Waals surface area contributed by atoms with Gasteiger partial charge in [0, 0.05) is 45.0 Å². The first-order chi connectivity index (χ1) is 11.8. The van der Waals surface area contributed by atoms with Crippen LogP contribution in [0.4, 0.5) is 0 Å². The number of aliphatic hydroxyl groups is 1. The average molecular weight is 325 g/mol. The molecule has 1 aromatic heterocycles. The minimum absolute atomic E-state index is 0.0572. The third kappa shape index (κ3) is 3.99. The third-order valence-corrected chi connectivity index (χ3v) is 4.48. The van der Waals surface area contributed by atoms with E-state index in [-0.39, 0.29) is 18.6 Å². The summed E-state index contributed by atoms with van der Waals surface area (Å²) in [7, 11) is 0. The Balaban J connectivity index is 1.69. The number of amides is 1. The zero-order chi connectivity index (χ0) is 16.8. The van der Waals surface area contributed by atoms with E-state index in [1.54, 1.807) is 6.20 Å². The van der Waals surface area contributed by atoms with Gasteiger partial charge in [0.05, 0.1) is 12.6 Å². The highest BCUT2D eigenvalue weighted by Gasteiger charge is 2.27. The van der Waals surface area contributed by atoms with Gasteiger partial charge in [-0.2, -0.15) is 0 Å². The Kier molecular flexibility index (Phi) is 5.56. The van der Waals surface area contributed by atoms with Gasteiger partial charge < -0.3 is 10.0 Å². The van der Waals surface area contributed by atoms with Gasteiger partial charge in [0.1, 0.15) is 0 Å². The standard InChI is InChI=1S/C19H23N3O2/c23-15-18(17-6-2-1-3-7-17)22-12-11-21(10-8-19(22)24)14-16-5-4-9-20-13-16/h1-7,9,13,18,23H,8,10-12,14-15H2/t18-/m1/s1. The van der Waals surface area contributed by atoms with E-state index in [1.165, 1.54) is 0 Å². The second-order valence-electron chi connectivity index (χ2n) is 6.08. The quantitative estimate of drug-likeness (QED) is 0.911. The molecular formula is C19H23N3O2. The molecule has 2 aromatic rings. The number of carbonyl (C=O) groups is 1. The molecule has 0 bridgehead atoms. The van der Waals surface area contributed by atoms with Crippen LogP contribution in [0.25, 0.3) is 0 Å². The van der Waals surface area contributed by atoms with E-state index in [1.807, 2.05) is 47.5 Å². The SMILES string of the molecule is O=C1CCN(Cc2cccnc2)CCN1[C@H](CO)c1ccccc1. The molecule has 2 heterocycles. The molecule has 5 heteroatoms. The van der Waals surface area contributed by atoms with Crippen molar-refractivity contribution in [3.63, 3.8) is 0 Å². The first-order valence-electron chi connectivity index (χ1n) is 8.34. The molecule has 1 N–H and O–H groups in total. The summed E-state index contributed by atoms with van der Waals surface area (Å²) in [5.74, 6) is 0.103. The van der Waals surface area contributed by atoms with E-state index in [2.05, 4.69) is 16.0 Å². The zero-order valence-electron chi connectivity index (χ0n) is 13.7. The summed E-state index contributed by atoms with van der Waals surface area (Å²) in [6.07, 6.45) is 4.11.